The van der Waals surface area contributed by atoms with E-state index in [1.807, 2.05) is 18.2 Å². The minimum atomic E-state index is 0.159. The third-order valence-electron chi connectivity index (χ3n) is 2.28. The fraction of sp³-hybridized carbons (Fsp3) is 0.182. The SMILES string of the molecule is COc1ccc(Cn2cnc(C#N)n2)cc1N. The van der Waals surface area contributed by atoms with Gasteiger partial charge in [0.05, 0.1) is 19.3 Å². The van der Waals surface area contributed by atoms with E-state index in [1.54, 1.807) is 17.9 Å². The number of nitrogen functional groups attached to an aromatic ring is 1. The van der Waals surface area contributed by atoms with E-state index in [9.17, 15) is 0 Å². The van der Waals surface area contributed by atoms with Crippen molar-refractivity contribution >= 4 is 5.69 Å². The molecule has 0 amide bonds. The molecular weight excluding hydrogens is 218 g/mol. The summed E-state index contributed by atoms with van der Waals surface area (Å²) in [6, 6.07) is 7.38. The largest absolute Gasteiger partial charge is 0.495 e. The van der Waals surface area contributed by atoms with Crippen molar-refractivity contribution in [2.75, 3.05) is 12.8 Å². The topological polar surface area (TPSA) is 89.8 Å². The quantitative estimate of drug-likeness (QED) is 0.786. The average Bonchev–Trinajstić information content (AvgIpc) is 2.77. The number of hydrogen-bond acceptors (Lipinski definition) is 5. The van der Waals surface area contributed by atoms with E-state index in [0.717, 1.165) is 5.56 Å². The van der Waals surface area contributed by atoms with Gasteiger partial charge in [-0.15, -0.1) is 5.10 Å². The summed E-state index contributed by atoms with van der Waals surface area (Å²) in [4.78, 5) is 3.82. The Morgan fingerprint density at radius 1 is 1.53 bits per heavy atom. The van der Waals surface area contributed by atoms with Crippen molar-refractivity contribution in [3.8, 4) is 11.8 Å². The molecule has 0 aliphatic rings. The minimum absolute atomic E-state index is 0.159. The lowest BCUT2D eigenvalue weighted by molar-refractivity contribution is 0.417. The first-order valence-corrected chi connectivity index (χ1v) is 4.95. The molecular formula is C11H11N5O. The zero-order valence-electron chi connectivity index (χ0n) is 9.29. The van der Waals surface area contributed by atoms with Gasteiger partial charge in [-0.25, -0.2) is 9.67 Å². The van der Waals surface area contributed by atoms with E-state index >= 15 is 0 Å². The van der Waals surface area contributed by atoms with Gasteiger partial charge in [0, 0.05) is 0 Å². The van der Waals surface area contributed by atoms with Crippen LogP contribution in [0.5, 0.6) is 5.75 Å². The lowest BCUT2D eigenvalue weighted by Gasteiger charge is -2.06. The van der Waals surface area contributed by atoms with Gasteiger partial charge in [0.25, 0.3) is 5.82 Å². The van der Waals surface area contributed by atoms with Crippen molar-refractivity contribution in [2.45, 2.75) is 6.54 Å². The molecule has 0 aliphatic carbocycles. The number of nitrogens with zero attached hydrogens (tertiary/aromatic N) is 4. The maximum absolute atomic E-state index is 8.60. The van der Waals surface area contributed by atoms with E-state index in [1.165, 1.54) is 6.33 Å². The summed E-state index contributed by atoms with van der Waals surface area (Å²) in [5.74, 6) is 0.802. The fourth-order valence-corrected chi connectivity index (χ4v) is 1.49. The smallest absolute Gasteiger partial charge is 0.252 e. The molecule has 0 saturated carbocycles. The van der Waals surface area contributed by atoms with Gasteiger partial charge in [-0.3, -0.25) is 0 Å². The van der Waals surface area contributed by atoms with Crippen LogP contribution >= 0.6 is 0 Å². The third kappa shape index (κ3) is 2.34. The second-order valence-electron chi connectivity index (χ2n) is 3.45. The zero-order chi connectivity index (χ0) is 12.3. The van der Waals surface area contributed by atoms with Gasteiger partial charge in [0.1, 0.15) is 18.1 Å². The fourth-order valence-electron chi connectivity index (χ4n) is 1.49. The highest BCUT2D eigenvalue weighted by atomic mass is 16.5. The van der Waals surface area contributed by atoms with Crippen molar-refractivity contribution in [2.24, 2.45) is 0 Å². The number of nitriles is 1. The van der Waals surface area contributed by atoms with E-state index in [4.69, 9.17) is 15.7 Å². The lowest BCUT2D eigenvalue weighted by Crippen LogP contribution is -2.02. The van der Waals surface area contributed by atoms with Gasteiger partial charge in [-0.1, -0.05) is 6.07 Å². The van der Waals surface area contributed by atoms with Crippen LogP contribution in [-0.2, 0) is 6.54 Å². The molecule has 0 saturated heterocycles. The van der Waals surface area contributed by atoms with Crippen LogP contribution in [-0.4, -0.2) is 21.9 Å². The number of ether oxygens (including phenoxy) is 1. The Kier molecular flexibility index (Phi) is 2.92. The molecule has 0 radical (unpaired) electrons. The van der Waals surface area contributed by atoms with Crippen LogP contribution in [0.4, 0.5) is 5.69 Å². The minimum Gasteiger partial charge on any atom is -0.495 e. The molecule has 0 bridgehead atoms. The molecule has 0 fully saturated rings. The normalized spacial score (nSPS) is 9.88. The second kappa shape index (κ2) is 4.53. The number of anilines is 1. The predicted molar refractivity (Wildman–Crippen MR) is 61.2 cm³/mol. The Bertz CT molecular complexity index is 569. The van der Waals surface area contributed by atoms with Crippen molar-refractivity contribution in [3.63, 3.8) is 0 Å². The van der Waals surface area contributed by atoms with Gasteiger partial charge >= 0.3 is 0 Å². The number of aromatic nitrogens is 3. The summed E-state index contributed by atoms with van der Waals surface area (Å²) in [6.45, 7) is 0.517. The standard InChI is InChI=1S/C11H11N5O/c1-17-10-3-2-8(4-9(10)13)6-16-7-14-11(5-12)15-16/h2-4,7H,6,13H2,1H3. The molecule has 1 heterocycles. The summed E-state index contributed by atoms with van der Waals surface area (Å²) in [7, 11) is 1.57. The molecule has 0 atom stereocenters. The van der Waals surface area contributed by atoms with Gasteiger partial charge in [-0.2, -0.15) is 5.26 Å². The first kappa shape index (κ1) is 11.0. The number of rotatable bonds is 3. The Labute approximate surface area is 98.3 Å². The molecule has 17 heavy (non-hydrogen) atoms. The predicted octanol–water partition coefficient (Wildman–Crippen LogP) is 0.789. The molecule has 2 aromatic rings. The third-order valence-corrected chi connectivity index (χ3v) is 2.28. The first-order valence-electron chi connectivity index (χ1n) is 4.95. The van der Waals surface area contributed by atoms with Crippen molar-refractivity contribution in [1.82, 2.24) is 14.8 Å². The molecule has 6 nitrogen and oxygen atoms in total. The maximum atomic E-state index is 8.60. The summed E-state index contributed by atoms with van der Waals surface area (Å²) in [5.41, 5.74) is 7.34. The van der Waals surface area contributed by atoms with Crippen LogP contribution < -0.4 is 10.5 Å². The van der Waals surface area contributed by atoms with E-state index in [-0.39, 0.29) is 5.82 Å². The molecule has 0 aliphatic heterocycles. The Morgan fingerprint density at radius 3 is 2.94 bits per heavy atom. The molecule has 86 valence electrons. The van der Waals surface area contributed by atoms with Crippen LogP contribution in [0, 0.1) is 11.3 Å². The number of hydrogen-bond donors (Lipinski definition) is 1. The molecule has 2 rings (SSSR count). The highest BCUT2D eigenvalue weighted by Gasteiger charge is 2.03. The van der Waals surface area contributed by atoms with Crippen molar-refractivity contribution < 1.29 is 4.74 Å². The van der Waals surface area contributed by atoms with E-state index < -0.39 is 0 Å². The molecule has 0 spiro atoms. The van der Waals surface area contributed by atoms with Crippen molar-refractivity contribution in [1.29, 1.82) is 5.26 Å². The highest BCUT2D eigenvalue weighted by molar-refractivity contribution is 5.54. The van der Waals surface area contributed by atoms with Gasteiger partial charge in [0.2, 0.25) is 0 Å². The van der Waals surface area contributed by atoms with Gasteiger partial charge < -0.3 is 10.5 Å². The summed E-state index contributed by atoms with van der Waals surface area (Å²) in [6.07, 6.45) is 1.51. The number of benzene rings is 1. The van der Waals surface area contributed by atoms with E-state index in [0.29, 0.717) is 18.0 Å². The van der Waals surface area contributed by atoms with Gasteiger partial charge in [0.15, 0.2) is 0 Å². The highest BCUT2D eigenvalue weighted by Crippen LogP contribution is 2.22. The molecule has 1 aromatic carbocycles. The van der Waals surface area contributed by atoms with Gasteiger partial charge in [-0.05, 0) is 17.7 Å². The van der Waals surface area contributed by atoms with Crippen molar-refractivity contribution in [3.05, 3.63) is 35.9 Å². The van der Waals surface area contributed by atoms with Crippen LogP contribution in [0.1, 0.15) is 11.4 Å². The van der Waals surface area contributed by atoms with Crippen LogP contribution in [0.3, 0.4) is 0 Å². The van der Waals surface area contributed by atoms with Crippen LogP contribution in [0.2, 0.25) is 0 Å². The molecule has 6 heteroatoms. The number of methoxy groups -OCH3 is 1. The maximum Gasteiger partial charge on any atom is 0.252 e. The van der Waals surface area contributed by atoms with Crippen LogP contribution in [0.15, 0.2) is 24.5 Å². The van der Waals surface area contributed by atoms with Crippen LogP contribution in [0.25, 0.3) is 0 Å². The Balaban J connectivity index is 2.19. The van der Waals surface area contributed by atoms with E-state index in [2.05, 4.69) is 10.1 Å². The molecule has 1 aromatic heterocycles. The number of nitrogens with two attached hydrogens (primary N) is 1. The molecule has 0 unspecified atom stereocenters. The summed E-state index contributed by atoms with van der Waals surface area (Å²) in [5, 5.41) is 12.6. The summed E-state index contributed by atoms with van der Waals surface area (Å²) < 4.78 is 6.65. The second-order valence-corrected chi connectivity index (χ2v) is 3.45. The lowest BCUT2D eigenvalue weighted by atomic mass is 10.2. The molecule has 2 N–H and O–H groups in total. The Hall–Kier alpha value is -2.55. The summed E-state index contributed by atoms with van der Waals surface area (Å²) >= 11 is 0. The average molecular weight is 229 g/mol. The first-order chi connectivity index (χ1) is 8.22. The Morgan fingerprint density at radius 2 is 2.35 bits per heavy atom. The zero-order valence-corrected chi connectivity index (χ0v) is 9.29. The monoisotopic (exact) mass is 229 g/mol.